The van der Waals surface area contributed by atoms with E-state index in [-0.39, 0.29) is 12.2 Å². The van der Waals surface area contributed by atoms with E-state index in [2.05, 4.69) is 0 Å². The van der Waals surface area contributed by atoms with Crippen molar-refractivity contribution in [3.63, 3.8) is 0 Å². The Morgan fingerprint density at radius 1 is 1.50 bits per heavy atom. The van der Waals surface area contributed by atoms with Crippen LogP contribution in [0.2, 0.25) is 5.02 Å². The summed E-state index contributed by atoms with van der Waals surface area (Å²) >= 11 is 5.76. The maximum atomic E-state index is 11.2. The van der Waals surface area contributed by atoms with E-state index in [0.717, 1.165) is 0 Å². The number of benzene rings is 1. The third kappa shape index (κ3) is 3.72. The van der Waals surface area contributed by atoms with Gasteiger partial charge in [-0.1, -0.05) is 11.6 Å². The fourth-order valence-corrected chi connectivity index (χ4v) is 1.26. The van der Waals surface area contributed by atoms with E-state index >= 15 is 0 Å². The number of carbonyl (C=O) groups excluding carboxylic acids is 1. The van der Waals surface area contributed by atoms with Gasteiger partial charge in [-0.3, -0.25) is 4.79 Å². The van der Waals surface area contributed by atoms with Crippen LogP contribution in [0.5, 0.6) is 5.75 Å². The summed E-state index contributed by atoms with van der Waals surface area (Å²) in [6.07, 6.45) is 0. The molecule has 0 heterocycles. The molecule has 0 aliphatic rings. The molecule has 16 heavy (non-hydrogen) atoms. The maximum Gasteiger partial charge on any atom is 0.252 e. The second kappa shape index (κ2) is 4.72. The van der Waals surface area contributed by atoms with Crippen molar-refractivity contribution in [2.24, 2.45) is 11.5 Å². The van der Waals surface area contributed by atoms with E-state index < -0.39 is 11.4 Å². The summed E-state index contributed by atoms with van der Waals surface area (Å²) in [7, 11) is 0. The first-order chi connectivity index (χ1) is 7.29. The molecule has 0 saturated carbocycles. The van der Waals surface area contributed by atoms with Crippen LogP contribution in [0.1, 0.15) is 24.2 Å². The number of hydrogen-bond acceptors (Lipinski definition) is 3. The minimum atomic E-state index is -0.577. The van der Waals surface area contributed by atoms with Crippen molar-refractivity contribution in [2.75, 3.05) is 6.61 Å². The van der Waals surface area contributed by atoms with Gasteiger partial charge >= 0.3 is 0 Å². The molecule has 0 unspecified atom stereocenters. The third-order valence-electron chi connectivity index (χ3n) is 1.81. The van der Waals surface area contributed by atoms with Gasteiger partial charge in [0.05, 0.1) is 5.56 Å². The monoisotopic (exact) mass is 242 g/mol. The molecular formula is C11H15ClN2O2. The van der Waals surface area contributed by atoms with E-state index in [4.69, 9.17) is 27.8 Å². The zero-order valence-electron chi connectivity index (χ0n) is 9.29. The highest BCUT2D eigenvalue weighted by atomic mass is 35.5. The first-order valence-electron chi connectivity index (χ1n) is 4.80. The molecule has 0 spiro atoms. The summed E-state index contributed by atoms with van der Waals surface area (Å²) in [5, 5.41) is 0.438. The fraction of sp³-hybridized carbons (Fsp3) is 0.364. The van der Waals surface area contributed by atoms with Gasteiger partial charge < -0.3 is 16.2 Å². The Labute approximate surface area is 99.5 Å². The molecule has 0 aliphatic carbocycles. The van der Waals surface area contributed by atoms with Gasteiger partial charge in [0, 0.05) is 10.6 Å². The highest BCUT2D eigenvalue weighted by Gasteiger charge is 2.15. The van der Waals surface area contributed by atoms with Crippen LogP contribution in [-0.4, -0.2) is 18.1 Å². The minimum Gasteiger partial charge on any atom is -0.491 e. The predicted molar refractivity (Wildman–Crippen MR) is 63.7 cm³/mol. The number of rotatable bonds is 4. The Morgan fingerprint density at radius 3 is 2.62 bits per heavy atom. The molecule has 0 radical (unpaired) electrons. The number of primary amides is 1. The number of nitrogens with two attached hydrogens (primary N) is 2. The topological polar surface area (TPSA) is 78.3 Å². The lowest BCUT2D eigenvalue weighted by Crippen LogP contribution is -2.39. The Morgan fingerprint density at radius 2 is 2.12 bits per heavy atom. The second-order valence-electron chi connectivity index (χ2n) is 4.28. The lowest BCUT2D eigenvalue weighted by Gasteiger charge is -2.20. The van der Waals surface area contributed by atoms with Gasteiger partial charge in [-0.05, 0) is 32.0 Å². The van der Waals surface area contributed by atoms with Crippen molar-refractivity contribution >= 4 is 17.5 Å². The molecule has 0 aliphatic heterocycles. The van der Waals surface area contributed by atoms with E-state index in [1.807, 2.05) is 13.8 Å². The Hall–Kier alpha value is -1.26. The van der Waals surface area contributed by atoms with Gasteiger partial charge in [0.1, 0.15) is 12.4 Å². The summed E-state index contributed by atoms with van der Waals surface area (Å²) < 4.78 is 5.43. The van der Waals surface area contributed by atoms with Crippen LogP contribution in [0.3, 0.4) is 0 Å². The first-order valence-corrected chi connectivity index (χ1v) is 5.18. The molecule has 88 valence electrons. The molecule has 1 aromatic carbocycles. The van der Waals surface area contributed by atoms with Gasteiger partial charge in [0.25, 0.3) is 5.91 Å². The van der Waals surface area contributed by atoms with E-state index in [1.165, 1.54) is 6.07 Å². The Balaban J connectivity index is 2.91. The minimum absolute atomic E-state index is 0.261. The number of halogens is 1. The second-order valence-corrected chi connectivity index (χ2v) is 4.72. The fourth-order valence-electron chi connectivity index (χ4n) is 1.08. The first kappa shape index (κ1) is 12.8. The Bertz CT molecular complexity index is 399. The smallest absolute Gasteiger partial charge is 0.252 e. The van der Waals surface area contributed by atoms with Crippen molar-refractivity contribution in [3.05, 3.63) is 28.8 Å². The van der Waals surface area contributed by atoms with Crippen LogP contribution in [0.4, 0.5) is 0 Å². The number of amides is 1. The van der Waals surface area contributed by atoms with Crippen molar-refractivity contribution in [3.8, 4) is 5.75 Å². The summed E-state index contributed by atoms with van der Waals surface area (Å²) in [4.78, 5) is 11.2. The SMILES string of the molecule is CC(C)(N)COc1ccc(Cl)cc1C(N)=O. The van der Waals surface area contributed by atoms with E-state index in [9.17, 15) is 4.79 Å². The summed E-state index contributed by atoms with van der Waals surface area (Å²) in [6, 6.07) is 4.71. The molecular weight excluding hydrogens is 228 g/mol. The number of carbonyl (C=O) groups is 1. The summed E-state index contributed by atoms with van der Waals surface area (Å²) in [6.45, 7) is 3.94. The predicted octanol–water partition coefficient (Wildman–Crippen LogP) is 1.55. The van der Waals surface area contributed by atoms with Crippen molar-refractivity contribution in [2.45, 2.75) is 19.4 Å². The van der Waals surface area contributed by atoms with Crippen LogP contribution in [-0.2, 0) is 0 Å². The van der Waals surface area contributed by atoms with Crippen molar-refractivity contribution in [1.82, 2.24) is 0 Å². The molecule has 1 aromatic rings. The lowest BCUT2D eigenvalue weighted by molar-refractivity contribution is 0.0995. The number of ether oxygens (including phenoxy) is 1. The lowest BCUT2D eigenvalue weighted by atomic mass is 10.1. The van der Waals surface area contributed by atoms with Crippen LogP contribution in [0.15, 0.2) is 18.2 Å². The normalized spacial score (nSPS) is 11.2. The molecule has 0 aromatic heterocycles. The highest BCUT2D eigenvalue weighted by molar-refractivity contribution is 6.31. The number of hydrogen-bond donors (Lipinski definition) is 2. The quantitative estimate of drug-likeness (QED) is 0.841. The molecule has 4 nitrogen and oxygen atoms in total. The van der Waals surface area contributed by atoms with Gasteiger partial charge in [-0.25, -0.2) is 0 Å². The average molecular weight is 243 g/mol. The zero-order chi connectivity index (χ0) is 12.3. The largest absolute Gasteiger partial charge is 0.491 e. The van der Waals surface area contributed by atoms with Gasteiger partial charge in [0.2, 0.25) is 0 Å². The van der Waals surface area contributed by atoms with Crippen LogP contribution in [0, 0.1) is 0 Å². The molecule has 0 atom stereocenters. The summed E-state index contributed by atoms with van der Waals surface area (Å²) in [5.41, 5.74) is 10.8. The molecule has 0 bridgehead atoms. The summed E-state index contributed by atoms with van der Waals surface area (Å²) in [5.74, 6) is -0.178. The highest BCUT2D eigenvalue weighted by Crippen LogP contribution is 2.23. The van der Waals surface area contributed by atoms with Crippen LogP contribution < -0.4 is 16.2 Å². The standard InChI is InChI=1S/C11H15ClN2O2/c1-11(2,14)6-16-9-4-3-7(12)5-8(9)10(13)15/h3-5H,6,14H2,1-2H3,(H2,13,15). The zero-order valence-corrected chi connectivity index (χ0v) is 10.0. The molecule has 4 N–H and O–H groups in total. The third-order valence-corrected chi connectivity index (χ3v) is 2.04. The van der Waals surface area contributed by atoms with E-state index in [1.54, 1.807) is 12.1 Å². The molecule has 0 saturated heterocycles. The average Bonchev–Trinajstić information content (AvgIpc) is 2.14. The van der Waals surface area contributed by atoms with Gasteiger partial charge in [-0.2, -0.15) is 0 Å². The molecule has 5 heteroatoms. The van der Waals surface area contributed by atoms with Gasteiger partial charge in [-0.15, -0.1) is 0 Å². The molecule has 1 amide bonds. The maximum absolute atomic E-state index is 11.2. The van der Waals surface area contributed by atoms with Crippen LogP contribution >= 0.6 is 11.6 Å². The van der Waals surface area contributed by atoms with Crippen LogP contribution in [0.25, 0.3) is 0 Å². The Kier molecular flexibility index (Phi) is 3.78. The van der Waals surface area contributed by atoms with Gasteiger partial charge in [0.15, 0.2) is 0 Å². The van der Waals surface area contributed by atoms with E-state index in [0.29, 0.717) is 10.8 Å². The van der Waals surface area contributed by atoms with Crippen molar-refractivity contribution < 1.29 is 9.53 Å². The van der Waals surface area contributed by atoms with Crippen molar-refractivity contribution in [1.29, 1.82) is 0 Å². The molecule has 1 rings (SSSR count). The molecule has 0 fully saturated rings.